The van der Waals surface area contributed by atoms with Gasteiger partial charge in [-0.1, -0.05) is 0 Å². The van der Waals surface area contributed by atoms with E-state index < -0.39 is 0 Å². The highest BCUT2D eigenvalue weighted by atomic mass is 16.3. The Balaban J connectivity index is 1.76. The van der Waals surface area contributed by atoms with Crippen molar-refractivity contribution < 1.29 is 5.11 Å². The van der Waals surface area contributed by atoms with E-state index in [-0.39, 0.29) is 5.56 Å². The van der Waals surface area contributed by atoms with Crippen molar-refractivity contribution in [2.75, 3.05) is 6.61 Å². The number of nitrogens with zero attached hydrogens (tertiary/aromatic N) is 3. The van der Waals surface area contributed by atoms with Gasteiger partial charge in [-0.25, -0.2) is 9.97 Å². The fraction of sp³-hybridized carbons (Fsp3) is 0.615. The van der Waals surface area contributed by atoms with Gasteiger partial charge in [-0.05, 0) is 37.5 Å². The molecule has 0 spiro atoms. The highest BCUT2D eigenvalue weighted by Gasteiger charge is 2.21. The predicted molar refractivity (Wildman–Crippen MR) is 70.7 cm³/mol. The van der Waals surface area contributed by atoms with Gasteiger partial charge in [0.15, 0.2) is 11.2 Å². The van der Waals surface area contributed by atoms with Crippen molar-refractivity contribution >= 4 is 11.2 Å². The fourth-order valence-corrected chi connectivity index (χ4v) is 2.90. The number of hydrogen-bond donors (Lipinski definition) is 2. The van der Waals surface area contributed by atoms with E-state index in [0.29, 0.717) is 29.6 Å². The number of hydrogen-bond acceptors (Lipinski definition) is 4. The van der Waals surface area contributed by atoms with Gasteiger partial charge < -0.3 is 14.7 Å². The molecule has 2 aromatic heterocycles. The van der Waals surface area contributed by atoms with Crippen molar-refractivity contribution in [1.82, 2.24) is 19.5 Å². The molecule has 0 amide bonds. The third-order valence-electron chi connectivity index (χ3n) is 4.09. The van der Waals surface area contributed by atoms with Gasteiger partial charge in [0.1, 0.15) is 0 Å². The van der Waals surface area contributed by atoms with Gasteiger partial charge in [-0.15, -0.1) is 0 Å². The first kappa shape index (κ1) is 12.3. The van der Waals surface area contributed by atoms with E-state index in [2.05, 4.69) is 15.0 Å². The van der Waals surface area contributed by atoms with Crippen molar-refractivity contribution in [3.8, 4) is 0 Å². The summed E-state index contributed by atoms with van der Waals surface area (Å²) in [5, 5.41) is 9.14. The lowest BCUT2D eigenvalue weighted by molar-refractivity contribution is 0.161. The third-order valence-corrected chi connectivity index (χ3v) is 4.09. The quantitative estimate of drug-likeness (QED) is 0.861. The first-order valence-electron chi connectivity index (χ1n) is 6.77. The van der Waals surface area contributed by atoms with E-state index in [1.807, 2.05) is 4.57 Å². The summed E-state index contributed by atoms with van der Waals surface area (Å²) in [6.07, 6.45) is 7.53. The van der Waals surface area contributed by atoms with Crippen LogP contribution in [0, 0.1) is 11.8 Å². The topological polar surface area (TPSA) is 83.8 Å². The first-order valence-corrected chi connectivity index (χ1v) is 6.77. The molecule has 6 heteroatoms. The maximum absolute atomic E-state index is 11.6. The van der Waals surface area contributed by atoms with Crippen LogP contribution in [0.3, 0.4) is 0 Å². The molecule has 1 aliphatic rings. The van der Waals surface area contributed by atoms with Gasteiger partial charge in [-0.3, -0.25) is 4.79 Å². The number of rotatable bonds is 3. The molecule has 0 aromatic carbocycles. The molecular weight excluding hydrogens is 244 g/mol. The molecule has 2 aromatic rings. The molecule has 2 heterocycles. The number of aliphatic hydroxyl groups excluding tert-OH is 1. The van der Waals surface area contributed by atoms with Crippen molar-refractivity contribution in [3.05, 3.63) is 23.0 Å². The molecule has 0 bridgehead atoms. The summed E-state index contributed by atoms with van der Waals surface area (Å²) < 4.78 is 1.97. The Morgan fingerprint density at radius 2 is 2.00 bits per heavy atom. The van der Waals surface area contributed by atoms with E-state index in [9.17, 15) is 4.79 Å². The SMILES string of the molecule is O=c1[nH]cnc2c1ncn2CC1CCC(CO)CC1. The minimum absolute atomic E-state index is 0.187. The van der Waals surface area contributed by atoms with Gasteiger partial charge in [0.25, 0.3) is 5.56 Å². The zero-order valence-electron chi connectivity index (χ0n) is 10.7. The minimum atomic E-state index is -0.187. The van der Waals surface area contributed by atoms with E-state index in [4.69, 9.17) is 5.11 Å². The number of imidazole rings is 1. The fourth-order valence-electron chi connectivity index (χ4n) is 2.90. The molecule has 2 N–H and O–H groups in total. The number of aliphatic hydroxyl groups is 1. The Morgan fingerprint density at radius 3 is 2.74 bits per heavy atom. The number of nitrogens with one attached hydrogen (secondary N) is 1. The molecular formula is C13H18N4O2. The smallest absolute Gasteiger partial charge is 0.278 e. The van der Waals surface area contributed by atoms with Crippen molar-refractivity contribution in [3.63, 3.8) is 0 Å². The lowest BCUT2D eigenvalue weighted by Gasteiger charge is -2.27. The normalized spacial score (nSPS) is 23.8. The second-order valence-electron chi connectivity index (χ2n) is 5.37. The maximum atomic E-state index is 11.6. The van der Waals surface area contributed by atoms with Crippen LogP contribution in [0.25, 0.3) is 11.2 Å². The van der Waals surface area contributed by atoms with E-state index >= 15 is 0 Å². The first-order chi connectivity index (χ1) is 9.28. The van der Waals surface area contributed by atoms with E-state index in [1.165, 1.54) is 6.33 Å². The highest BCUT2D eigenvalue weighted by molar-refractivity contribution is 5.68. The maximum Gasteiger partial charge on any atom is 0.278 e. The number of fused-ring (bicyclic) bond motifs is 1. The Hall–Kier alpha value is -1.69. The average molecular weight is 262 g/mol. The molecule has 0 saturated heterocycles. The summed E-state index contributed by atoms with van der Waals surface area (Å²) >= 11 is 0. The zero-order chi connectivity index (χ0) is 13.2. The van der Waals surface area contributed by atoms with Crippen molar-refractivity contribution in [2.45, 2.75) is 32.2 Å². The predicted octanol–water partition coefficient (Wildman–Crippen LogP) is 0.918. The summed E-state index contributed by atoms with van der Waals surface area (Å²) in [4.78, 5) is 22.4. The van der Waals surface area contributed by atoms with Crippen LogP contribution in [0.15, 0.2) is 17.4 Å². The molecule has 1 fully saturated rings. The third kappa shape index (κ3) is 2.40. The Kier molecular flexibility index (Phi) is 3.33. The van der Waals surface area contributed by atoms with Crippen LogP contribution < -0.4 is 5.56 Å². The van der Waals surface area contributed by atoms with Crippen LogP contribution in [0.2, 0.25) is 0 Å². The van der Waals surface area contributed by atoms with Gasteiger partial charge >= 0.3 is 0 Å². The molecule has 1 saturated carbocycles. The number of H-pyrrole nitrogens is 1. The van der Waals surface area contributed by atoms with Gasteiger partial charge in [-0.2, -0.15) is 0 Å². The largest absolute Gasteiger partial charge is 0.396 e. The number of aromatic amines is 1. The summed E-state index contributed by atoms with van der Waals surface area (Å²) in [5.41, 5.74) is 0.882. The molecule has 3 rings (SSSR count). The monoisotopic (exact) mass is 262 g/mol. The molecule has 102 valence electrons. The van der Waals surface area contributed by atoms with Crippen LogP contribution in [0.4, 0.5) is 0 Å². The molecule has 1 aliphatic carbocycles. The van der Waals surface area contributed by atoms with Gasteiger partial charge in [0, 0.05) is 13.2 Å². The van der Waals surface area contributed by atoms with Gasteiger partial charge in [0.05, 0.1) is 12.7 Å². The van der Waals surface area contributed by atoms with Crippen LogP contribution in [0.1, 0.15) is 25.7 Å². The summed E-state index contributed by atoms with van der Waals surface area (Å²) in [7, 11) is 0. The Bertz CT molecular complexity index is 610. The summed E-state index contributed by atoms with van der Waals surface area (Å²) in [5.74, 6) is 1.05. The number of aromatic nitrogens is 4. The summed E-state index contributed by atoms with van der Waals surface area (Å²) in [6, 6.07) is 0. The van der Waals surface area contributed by atoms with Gasteiger partial charge in [0.2, 0.25) is 0 Å². The van der Waals surface area contributed by atoms with Crippen LogP contribution >= 0.6 is 0 Å². The highest BCUT2D eigenvalue weighted by Crippen LogP contribution is 2.29. The van der Waals surface area contributed by atoms with Crippen LogP contribution in [-0.4, -0.2) is 31.2 Å². The average Bonchev–Trinajstić information content (AvgIpc) is 2.84. The van der Waals surface area contributed by atoms with Crippen LogP contribution in [0.5, 0.6) is 0 Å². The summed E-state index contributed by atoms with van der Waals surface area (Å²) in [6.45, 7) is 1.16. The van der Waals surface area contributed by atoms with Crippen molar-refractivity contribution in [2.24, 2.45) is 11.8 Å². The molecule has 19 heavy (non-hydrogen) atoms. The zero-order valence-corrected chi connectivity index (χ0v) is 10.7. The second kappa shape index (κ2) is 5.13. The molecule has 0 radical (unpaired) electrons. The lowest BCUT2D eigenvalue weighted by atomic mass is 9.82. The second-order valence-corrected chi connectivity index (χ2v) is 5.37. The molecule has 6 nitrogen and oxygen atoms in total. The lowest BCUT2D eigenvalue weighted by Crippen LogP contribution is -2.20. The molecule has 0 aliphatic heterocycles. The van der Waals surface area contributed by atoms with Crippen LogP contribution in [-0.2, 0) is 6.54 Å². The molecule has 0 atom stereocenters. The Morgan fingerprint density at radius 1 is 1.26 bits per heavy atom. The Labute approximate surface area is 110 Å². The van der Waals surface area contributed by atoms with Crippen molar-refractivity contribution in [1.29, 1.82) is 0 Å². The van der Waals surface area contributed by atoms with E-state index in [1.54, 1.807) is 6.33 Å². The minimum Gasteiger partial charge on any atom is -0.396 e. The van der Waals surface area contributed by atoms with E-state index in [0.717, 1.165) is 32.2 Å². The molecule has 0 unspecified atom stereocenters. The standard InChI is InChI=1S/C13H18N4O2/c18-6-10-3-1-9(2-4-10)5-17-8-16-11-12(17)14-7-15-13(11)19/h7-10,18H,1-6H2,(H,14,15,19).